The number of aromatic carboxylic acids is 1. The molecule has 101 heavy (non-hydrogen) atoms. The molecule has 2 heterocycles. The number of amides is 3. The van der Waals surface area contributed by atoms with Crippen LogP contribution in [0.3, 0.4) is 0 Å². The van der Waals surface area contributed by atoms with Gasteiger partial charge in [0.15, 0.2) is 12.3 Å². The van der Waals surface area contributed by atoms with Crippen molar-refractivity contribution in [3.63, 3.8) is 0 Å². The summed E-state index contributed by atoms with van der Waals surface area (Å²) in [5.41, 5.74) is 26.4. The molecule has 12 atom stereocenters. The molecular weight excluding hydrogens is 1370 g/mol. The second-order valence-corrected chi connectivity index (χ2v) is 34.5. The zero-order valence-corrected chi connectivity index (χ0v) is 65.8. The minimum Gasteiger partial charge on any atom is -0.476 e. The van der Waals surface area contributed by atoms with E-state index in [1.54, 1.807) is 15.2 Å². The van der Waals surface area contributed by atoms with Gasteiger partial charge < -0.3 is 45.0 Å². The Labute approximate surface area is 617 Å². The van der Waals surface area contributed by atoms with Crippen LogP contribution in [-0.4, -0.2) is 155 Å². The van der Waals surface area contributed by atoms with Gasteiger partial charge in [0.1, 0.15) is 49.5 Å². The third-order valence-corrected chi connectivity index (χ3v) is 25.2. The molecule has 551 valence electrons. The maximum absolute atomic E-state index is 14.0. The number of rotatable bonds is 38. The van der Waals surface area contributed by atoms with Crippen LogP contribution in [0, 0.1) is 23.7 Å². The summed E-state index contributed by atoms with van der Waals surface area (Å²) in [6.45, 7) is 29.2. The van der Waals surface area contributed by atoms with E-state index in [2.05, 4.69) is 126 Å². The third-order valence-electron chi connectivity index (χ3n) is 17.4. The van der Waals surface area contributed by atoms with Crippen LogP contribution in [0.15, 0.2) is 142 Å². The van der Waals surface area contributed by atoms with E-state index in [-0.39, 0.29) is 108 Å². The Morgan fingerprint density at radius 3 is 1.49 bits per heavy atom. The second kappa shape index (κ2) is 46.8. The molecule has 2 unspecified atom stereocenters. The first-order chi connectivity index (χ1) is 49.4. The van der Waals surface area contributed by atoms with E-state index in [0.717, 1.165) is 39.3 Å². The molecule has 6 N–H and O–H groups in total. The van der Waals surface area contributed by atoms with Crippen molar-refractivity contribution in [1.82, 2.24) is 25.1 Å². The molecule has 0 aliphatic carbocycles. The topological polar surface area (TPSA) is 315 Å². The monoisotopic (exact) mass is 1480 g/mol. The highest BCUT2D eigenvalue weighted by molar-refractivity contribution is 7.67. The number of hydrogen-bond acceptors (Lipinski definition) is 15. The summed E-state index contributed by atoms with van der Waals surface area (Å²) in [7, 11) is -4.72. The zero-order chi connectivity index (χ0) is 77.7. The van der Waals surface area contributed by atoms with Crippen LogP contribution in [0.2, 0.25) is 5.04 Å². The number of thiazole rings is 2. The first kappa shape index (κ1) is 83.2. The highest BCUT2D eigenvalue weighted by Gasteiger charge is 2.50. The van der Waals surface area contributed by atoms with Gasteiger partial charge in [-0.1, -0.05) is 234 Å². The van der Waals surface area contributed by atoms with E-state index in [0.29, 0.717) is 55.2 Å². The second-order valence-electron chi connectivity index (χ2n) is 26.6. The van der Waals surface area contributed by atoms with Gasteiger partial charge in [-0.3, -0.25) is 18.8 Å². The number of nitrogens with one attached hydrogen (secondary N) is 1. The standard InChI is InChI=1S/C44H60N6O4SSi.C19H31N5O4S.C9H16BNOPSi.CH3F/c1-9-26-50(43(53)40(48-49-45)32(5)10-2)38(31(3)4)28-39(51)42-47-37(30-55-42)41(52)46-34(27-33-20-14-11-15-21-33)29-54-56(44(6,7)8,35-22-16-12-17-23-35)36-24-18-13-19-25-36;1-6-8-24(18(26)16(22-23-20)12(5)7-2)14(11(3)4)9-15(25)17-21-13(10-29-17)19(27)28;11-9(7-12-14-10-13)6-8-4-2-1-3-5-8;1-2/h11-25,30-32,34,38-40,51H,9-10,26-29H2,1-8H3,(H,46,52);10-12,14-16,25H,6-9H2,1-5H3,(H,27,28);1-5,9H,6-7,11,13-14H2;1H3/t32-,34-,38+,39+,40-;12-,14+,15+,16-;9-;/m000./s1/i;;14TD;1D/t;;9-,14?;. The summed E-state index contributed by atoms with van der Waals surface area (Å²) in [5, 5.41) is 48.0. The number of benzene rings is 4. The van der Waals surface area contributed by atoms with Crippen LogP contribution in [0.4, 0.5) is 4.39 Å². The molecule has 21 nitrogen and oxygen atoms in total. The zero-order valence-electron chi connectivity index (χ0n) is 64.0. The van der Waals surface area contributed by atoms with Gasteiger partial charge in [-0.15, -0.1) is 22.7 Å². The largest absolute Gasteiger partial charge is 0.476 e. The number of carbonyl (C=O) groups excluding carboxylic acids is 3. The van der Waals surface area contributed by atoms with Gasteiger partial charge in [-0.05, 0) is 87.0 Å². The number of aliphatic hydroxyl groups excluding tert-OH is 2. The minimum atomic E-state index is -3.10. The van der Waals surface area contributed by atoms with E-state index in [1.807, 2.05) is 130 Å². The van der Waals surface area contributed by atoms with Crippen molar-refractivity contribution in [2.45, 2.75) is 195 Å². The molecule has 0 saturated heterocycles. The van der Waals surface area contributed by atoms with Gasteiger partial charge in [0.2, 0.25) is 11.8 Å². The number of alkyl halides is 1. The van der Waals surface area contributed by atoms with Crippen molar-refractivity contribution < 1.29 is 49.1 Å². The van der Waals surface area contributed by atoms with E-state index >= 15 is 0 Å². The summed E-state index contributed by atoms with van der Waals surface area (Å²) in [5.74, 6) is -2.16. The van der Waals surface area contributed by atoms with Crippen LogP contribution in [-0.2, 0) is 31.3 Å². The van der Waals surface area contributed by atoms with Crippen LogP contribution < -0.4 is 21.4 Å². The number of halogens is 1. The Morgan fingerprint density at radius 2 is 1.13 bits per heavy atom. The Hall–Kier alpha value is -6.70. The highest BCUT2D eigenvalue weighted by atomic mass is 32.1. The van der Waals surface area contributed by atoms with Crippen LogP contribution in [0.25, 0.3) is 20.9 Å². The van der Waals surface area contributed by atoms with Crippen molar-refractivity contribution in [3.05, 3.63) is 186 Å². The summed E-state index contributed by atoms with van der Waals surface area (Å²) >= 11 is 2.31. The number of carboxylic acids is 1. The fourth-order valence-corrected chi connectivity index (χ4v) is 18.7. The number of nitrogens with two attached hydrogens (primary N) is 1. The number of azide groups is 2. The Kier molecular flexibility index (Phi) is 38.6. The molecule has 6 rings (SSSR count). The first-order valence-corrected chi connectivity index (χ1v) is 39.8. The first-order valence-electron chi connectivity index (χ1n) is 36.2. The maximum atomic E-state index is 14.0. The summed E-state index contributed by atoms with van der Waals surface area (Å²) < 4.78 is 43.0. The van der Waals surface area contributed by atoms with Gasteiger partial charge in [0, 0.05) is 73.7 Å². The van der Waals surface area contributed by atoms with E-state index in [4.69, 9.17) is 29.1 Å². The molecule has 28 heteroatoms. The predicted octanol–water partition coefficient (Wildman–Crippen LogP) is 13.4. The van der Waals surface area contributed by atoms with Crippen molar-refractivity contribution in [2.24, 2.45) is 39.6 Å². The minimum absolute atomic E-state index is 0.000754. The number of carboxylic acid groups (broad SMARTS) is 1. The average Bonchev–Trinajstić information content (AvgIpc) is 0.819. The number of hydrogen-bond donors (Lipinski definition) is 5. The lowest BCUT2D eigenvalue weighted by Gasteiger charge is -2.43. The molecule has 3 amide bonds. The molecule has 0 aliphatic heterocycles. The van der Waals surface area contributed by atoms with E-state index < -0.39 is 55.2 Å². The van der Waals surface area contributed by atoms with Crippen LogP contribution in [0.1, 0.15) is 184 Å². The molecule has 4 aromatic carbocycles. The molecule has 0 fully saturated rings. The van der Waals surface area contributed by atoms with E-state index in [9.17, 15) is 39.3 Å². The quantitative estimate of drug-likeness (QED) is 0.00794. The number of aliphatic hydroxyl groups is 2. The van der Waals surface area contributed by atoms with Crippen molar-refractivity contribution in [2.75, 3.05) is 33.5 Å². The van der Waals surface area contributed by atoms with Crippen molar-refractivity contribution in [3.8, 4) is 0 Å². The predicted molar refractivity (Wildman–Crippen MR) is 416 cm³/mol. The van der Waals surface area contributed by atoms with Crippen LogP contribution in [0.5, 0.6) is 0 Å². The molecule has 1 radical (unpaired) electrons. The lowest BCUT2D eigenvalue weighted by atomic mass is 9.93. The Bertz CT molecular complexity index is 3540. The Morgan fingerprint density at radius 1 is 0.733 bits per heavy atom. The third kappa shape index (κ3) is 27.8. The molecular formula is C73H110BFN12O9PS2Si2. The number of aromatic nitrogens is 2. The van der Waals surface area contributed by atoms with Crippen LogP contribution >= 0.6 is 31.8 Å². The fourth-order valence-electron chi connectivity index (χ4n) is 11.8. The van der Waals surface area contributed by atoms with Crippen molar-refractivity contribution >= 4 is 90.3 Å². The average molecular weight is 1480 g/mol. The smallest absolute Gasteiger partial charge is 0.355 e. The molecule has 0 bridgehead atoms. The highest BCUT2D eigenvalue weighted by Crippen LogP contribution is 2.38. The molecule has 2 aromatic heterocycles. The van der Waals surface area contributed by atoms with E-state index in [1.165, 1.54) is 23.3 Å². The SMILES string of the molecule is CCCN(C(=O)[C@@H](N=[N+]=[N-])[C@@H](C)CC)[C@H](C[C@@H](O)c1nc(C(=O)N[C@H](CO[Si](c2ccccc2)(c2ccccc2)C(C)(C)C)Cc2ccccc2)cs1)C(C)C.CCCN(C(=O)[C@@H](N=[N+]=[N-])[C@@H](C)CC)[C@H](C[C@@H](O)c1nc(C(=O)O)cs1)C(C)C.[2H]CF.[2H][Si]([3H])([B]P)OC[C@@H](N)Cc1ccccc1. The van der Waals surface area contributed by atoms with Crippen molar-refractivity contribution in [1.29, 1.82) is 2.47 Å². The van der Waals surface area contributed by atoms with Gasteiger partial charge in [0.25, 0.3) is 14.2 Å². The number of carbonyl (C=O) groups is 4. The molecule has 0 aliphatic rings. The summed E-state index contributed by atoms with van der Waals surface area (Å²) in [6, 6.07) is 38.1. The van der Waals surface area contributed by atoms with Gasteiger partial charge in [-0.25, -0.2) is 14.8 Å². The van der Waals surface area contributed by atoms with Gasteiger partial charge >= 0.3 is 5.97 Å². The molecule has 0 saturated carbocycles. The normalized spacial score (nSPS) is 15.3. The lowest BCUT2D eigenvalue weighted by Crippen LogP contribution is -2.67. The van der Waals surface area contributed by atoms with Gasteiger partial charge in [-0.2, -0.15) is 9.12 Å². The number of nitrogens with zero attached hydrogens (tertiary/aromatic N) is 10. The molecule has 6 aromatic rings. The summed E-state index contributed by atoms with van der Waals surface area (Å²) in [4.78, 5) is 70.1. The fraction of sp³-hybridized carbons (Fsp3) is 0.534. The maximum Gasteiger partial charge on any atom is 0.355 e. The Balaban J connectivity index is 0.000000482. The van der Waals surface area contributed by atoms with Gasteiger partial charge in [0.05, 0.1) is 21.2 Å². The molecule has 0 spiro atoms. The summed E-state index contributed by atoms with van der Waals surface area (Å²) in [6.07, 6.45) is 2.51. The lowest BCUT2D eigenvalue weighted by molar-refractivity contribution is -0.138.